The molecule has 2 rings (SSSR count). The van der Waals surface area contributed by atoms with E-state index in [2.05, 4.69) is 6.92 Å². The first-order valence-corrected chi connectivity index (χ1v) is 6.30. The van der Waals surface area contributed by atoms with Gasteiger partial charge in [0.15, 0.2) is 0 Å². The van der Waals surface area contributed by atoms with Gasteiger partial charge in [-0.25, -0.2) is 4.39 Å². The molecule has 0 bridgehead atoms. The van der Waals surface area contributed by atoms with Crippen molar-refractivity contribution in [3.63, 3.8) is 0 Å². The van der Waals surface area contributed by atoms with E-state index in [1.807, 2.05) is 4.90 Å². The standard InChI is InChI=1S/C13H17FN2O2/c1-2-10-4-3-5-15(9-10)12-6-11(14)7-13(8-12)16(17)18/h6-8,10H,2-5,9H2,1H3. The Kier molecular flexibility index (Phi) is 3.79. The Labute approximate surface area is 106 Å². The molecular weight excluding hydrogens is 235 g/mol. The van der Waals surface area contributed by atoms with Gasteiger partial charge in [0.05, 0.1) is 11.0 Å². The van der Waals surface area contributed by atoms with Gasteiger partial charge < -0.3 is 4.90 Å². The fourth-order valence-corrected chi connectivity index (χ4v) is 2.48. The zero-order chi connectivity index (χ0) is 13.1. The average molecular weight is 252 g/mol. The number of nitro groups is 1. The molecule has 0 amide bonds. The smallest absolute Gasteiger partial charge is 0.274 e. The maximum atomic E-state index is 13.4. The minimum absolute atomic E-state index is 0.177. The fraction of sp³-hybridized carbons (Fsp3) is 0.538. The van der Waals surface area contributed by atoms with Crippen molar-refractivity contribution in [3.05, 3.63) is 34.1 Å². The Bertz CT molecular complexity index is 451. The quantitative estimate of drug-likeness (QED) is 0.612. The molecule has 1 fully saturated rings. The number of anilines is 1. The molecule has 0 aliphatic carbocycles. The van der Waals surface area contributed by atoms with Gasteiger partial charge in [0, 0.05) is 24.8 Å². The minimum atomic E-state index is -0.548. The van der Waals surface area contributed by atoms with Crippen LogP contribution in [0.15, 0.2) is 18.2 Å². The first-order valence-electron chi connectivity index (χ1n) is 6.30. The van der Waals surface area contributed by atoms with Crippen molar-refractivity contribution in [1.29, 1.82) is 0 Å². The van der Waals surface area contributed by atoms with Crippen molar-refractivity contribution in [3.8, 4) is 0 Å². The predicted molar refractivity (Wildman–Crippen MR) is 68.3 cm³/mol. The van der Waals surface area contributed by atoms with E-state index in [1.54, 1.807) is 0 Å². The van der Waals surface area contributed by atoms with Crippen molar-refractivity contribution in [1.82, 2.24) is 0 Å². The van der Waals surface area contributed by atoms with Crippen LogP contribution in [0.5, 0.6) is 0 Å². The molecule has 0 spiro atoms. The first kappa shape index (κ1) is 12.8. The van der Waals surface area contributed by atoms with E-state index in [9.17, 15) is 14.5 Å². The molecule has 1 aliphatic rings. The topological polar surface area (TPSA) is 46.4 Å². The van der Waals surface area contributed by atoms with Crippen molar-refractivity contribution in [2.24, 2.45) is 5.92 Å². The van der Waals surface area contributed by atoms with E-state index >= 15 is 0 Å². The van der Waals surface area contributed by atoms with E-state index in [-0.39, 0.29) is 5.69 Å². The molecule has 0 aromatic heterocycles. The molecule has 1 unspecified atom stereocenters. The molecule has 1 aliphatic heterocycles. The third-order valence-corrected chi connectivity index (χ3v) is 3.54. The average Bonchev–Trinajstić information content (AvgIpc) is 2.38. The highest BCUT2D eigenvalue weighted by atomic mass is 19.1. The molecule has 1 atom stereocenters. The highest BCUT2D eigenvalue weighted by Crippen LogP contribution is 2.28. The highest BCUT2D eigenvalue weighted by molar-refractivity contribution is 5.54. The molecule has 5 heteroatoms. The van der Waals surface area contributed by atoms with E-state index in [0.717, 1.165) is 32.0 Å². The summed E-state index contributed by atoms with van der Waals surface area (Å²) in [6, 6.07) is 3.80. The summed E-state index contributed by atoms with van der Waals surface area (Å²) in [4.78, 5) is 12.2. The second kappa shape index (κ2) is 5.33. The van der Waals surface area contributed by atoms with Crippen LogP contribution in [0, 0.1) is 21.8 Å². The number of non-ortho nitro benzene ring substituents is 1. The van der Waals surface area contributed by atoms with Gasteiger partial charge in [-0.15, -0.1) is 0 Å². The van der Waals surface area contributed by atoms with Crippen molar-refractivity contribution >= 4 is 11.4 Å². The highest BCUT2D eigenvalue weighted by Gasteiger charge is 2.21. The Morgan fingerprint density at radius 2 is 2.28 bits per heavy atom. The molecule has 0 saturated carbocycles. The number of halogens is 1. The van der Waals surface area contributed by atoms with Gasteiger partial charge in [0.25, 0.3) is 5.69 Å². The van der Waals surface area contributed by atoms with E-state index < -0.39 is 10.7 Å². The predicted octanol–water partition coefficient (Wildman–Crippen LogP) is 3.36. The van der Waals surface area contributed by atoms with E-state index in [4.69, 9.17) is 0 Å². The summed E-state index contributed by atoms with van der Waals surface area (Å²) in [5.41, 5.74) is 0.448. The molecule has 1 heterocycles. The van der Waals surface area contributed by atoms with Crippen LogP contribution in [-0.2, 0) is 0 Å². The number of nitro benzene ring substituents is 1. The maximum absolute atomic E-state index is 13.4. The van der Waals surface area contributed by atoms with E-state index in [0.29, 0.717) is 11.6 Å². The molecule has 0 radical (unpaired) electrons. The monoisotopic (exact) mass is 252 g/mol. The Hall–Kier alpha value is -1.65. The van der Waals surface area contributed by atoms with Gasteiger partial charge in [-0.3, -0.25) is 10.1 Å². The van der Waals surface area contributed by atoms with Crippen LogP contribution in [0.2, 0.25) is 0 Å². The Morgan fingerprint density at radius 1 is 1.50 bits per heavy atom. The summed E-state index contributed by atoms with van der Waals surface area (Å²) >= 11 is 0. The third kappa shape index (κ3) is 2.78. The summed E-state index contributed by atoms with van der Waals surface area (Å²) < 4.78 is 13.4. The number of hydrogen-bond donors (Lipinski definition) is 0. The molecule has 18 heavy (non-hydrogen) atoms. The summed E-state index contributed by atoms with van der Waals surface area (Å²) in [6.07, 6.45) is 3.33. The summed E-state index contributed by atoms with van der Waals surface area (Å²) in [5, 5.41) is 10.7. The zero-order valence-electron chi connectivity index (χ0n) is 10.4. The van der Waals surface area contributed by atoms with Gasteiger partial charge in [0.2, 0.25) is 0 Å². The summed E-state index contributed by atoms with van der Waals surface area (Å²) in [5.74, 6) is 0.0545. The molecule has 1 aromatic carbocycles. The van der Waals surface area contributed by atoms with E-state index in [1.165, 1.54) is 18.6 Å². The molecular formula is C13H17FN2O2. The second-order valence-corrected chi connectivity index (χ2v) is 4.79. The molecule has 1 saturated heterocycles. The number of piperidine rings is 1. The number of benzene rings is 1. The number of rotatable bonds is 3. The van der Waals surface area contributed by atoms with Crippen molar-refractivity contribution in [2.75, 3.05) is 18.0 Å². The van der Waals surface area contributed by atoms with Gasteiger partial charge >= 0.3 is 0 Å². The van der Waals surface area contributed by atoms with Crippen LogP contribution < -0.4 is 4.90 Å². The lowest BCUT2D eigenvalue weighted by atomic mass is 9.95. The number of hydrogen-bond acceptors (Lipinski definition) is 3. The zero-order valence-corrected chi connectivity index (χ0v) is 10.4. The first-order chi connectivity index (χ1) is 8.60. The molecule has 98 valence electrons. The maximum Gasteiger partial charge on any atom is 0.274 e. The second-order valence-electron chi connectivity index (χ2n) is 4.79. The SMILES string of the molecule is CCC1CCCN(c2cc(F)cc([N+](=O)[O-])c2)C1. The molecule has 4 nitrogen and oxygen atoms in total. The van der Waals surface area contributed by atoms with Crippen LogP contribution in [-0.4, -0.2) is 18.0 Å². The van der Waals surface area contributed by atoms with Crippen molar-refractivity contribution < 1.29 is 9.31 Å². The van der Waals surface area contributed by atoms with Gasteiger partial charge in [-0.2, -0.15) is 0 Å². The fourth-order valence-electron chi connectivity index (χ4n) is 2.48. The number of nitrogens with zero attached hydrogens (tertiary/aromatic N) is 2. The minimum Gasteiger partial charge on any atom is -0.371 e. The lowest BCUT2D eigenvalue weighted by molar-refractivity contribution is -0.385. The Morgan fingerprint density at radius 3 is 2.94 bits per heavy atom. The van der Waals surface area contributed by atoms with Crippen LogP contribution in [0.4, 0.5) is 15.8 Å². The van der Waals surface area contributed by atoms with Crippen molar-refractivity contribution in [2.45, 2.75) is 26.2 Å². The molecule has 1 aromatic rings. The van der Waals surface area contributed by atoms with Crippen LogP contribution >= 0.6 is 0 Å². The van der Waals surface area contributed by atoms with Gasteiger partial charge in [0.1, 0.15) is 5.82 Å². The normalized spacial score (nSPS) is 19.9. The van der Waals surface area contributed by atoms with Gasteiger partial charge in [-0.1, -0.05) is 13.3 Å². The van der Waals surface area contributed by atoms with Crippen LogP contribution in [0.25, 0.3) is 0 Å². The van der Waals surface area contributed by atoms with Crippen LogP contribution in [0.1, 0.15) is 26.2 Å². The van der Waals surface area contributed by atoms with Gasteiger partial charge in [-0.05, 0) is 24.8 Å². The Balaban J connectivity index is 2.24. The summed E-state index contributed by atoms with van der Waals surface area (Å²) in [7, 11) is 0. The van der Waals surface area contributed by atoms with Crippen LogP contribution in [0.3, 0.4) is 0 Å². The lowest BCUT2D eigenvalue weighted by Crippen LogP contribution is -2.35. The lowest BCUT2D eigenvalue weighted by Gasteiger charge is -2.33. The largest absolute Gasteiger partial charge is 0.371 e. The molecule has 0 N–H and O–H groups in total. The summed E-state index contributed by atoms with van der Waals surface area (Å²) in [6.45, 7) is 3.84. The third-order valence-electron chi connectivity index (χ3n) is 3.54.